The lowest BCUT2D eigenvalue weighted by Gasteiger charge is -2.40. The molecule has 7 nitrogen and oxygen atoms in total. The fourth-order valence-corrected chi connectivity index (χ4v) is 3.11. The van der Waals surface area contributed by atoms with Gasteiger partial charge in [-0.3, -0.25) is 9.88 Å². The van der Waals surface area contributed by atoms with Crippen molar-refractivity contribution in [2.75, 3.05) is 24.5 Å². The topological polar surface area (TPSA) is 62.5 Å². The summed E-state index contributed by atoms with van der Waals surface area (Å²) in [4.78, 5) is 9.21. The molecular weight excluding hydrogens is 290 g/mol. The highest BCUT2D eigenvalue weighted by Crippen LogP contribution is 2.19. The lowest BCUT2D eigenvalue weighted by molar-refractivity contribution is 0.218. The molecule has 1 saturated heterocycles. The maximum Gasteiger partial charge on any atom is 0.177 e. The molecule has 4 heterocycles. The van der Waals surface area contributed by atoms with Gasteiger partial charge in [-0.05, 0) is 31.2 Å². The summed E-state index contributed by atoms with van der Waals surface area (Å²) >= 11 is 0. The van der Waals surface area contributed by atoms with Crippen LogP contribution < -0.4 is 4.90 Å². The van der Waals surface area contributed by atoms with Crippen LogP contribution in [0.25, 0.3) is 5.65 Å². The summed E-state index contributed by atoms with van der Waals surface area (Å²) < 4.78 is 1.72. The van der Waals surface area contributed by atoms with Gasteiger partial charge in [-0.1, -0.05) is 6.07 Å². The summed E-state index contributed by atoms with van der Waals surface area (Å²) in [6.45, 7) is 6.09. The van der Waals surface area contributed by atoms with Crippen molar-refractivity contribution in [2.24, 2.45) is 0 Å². The van der Waals surface area contributed by atoms with Crippen molar-refractivity contribution in [1.29, 1.82) is 0 Å². The van der Waals surface area contributed by atoms with Crippen LogP contribution in [0.5, 0.6) is 0 Å². The smallest absolute Gasteiger partial charge is 0.177 e. The van der Waals surface area contributed by atoms with Crippen LogP contribution >= 0.6 is 0 Å². The lowest BCUT2D eigenvalue weighted by atomic mass is 10.2. The molecule has 3 aromatic rings. The zero-order chi connectivity index (χ0) is 15.6. The molecule has 1 atom stereocenters. The highest BCUT2D eigenvalue weighted by Gasteiger charge is 2.25. The summed E-state index contributed by atoms with van der Waals surface area (Å²) in [5, 5.41) is 12.5. The Morgan fingerprint density at radius 3 is 2.96 bits per heavy atom. The van der Waals surface area contributed by atoms with Crippen molar-refractivity contribution < 1.29 is 0 Å². The number of hydrogen-bond donors (Lipinski definition) is 0. The average molecular weight is 309 g/mol. The summed E-state index contributed by atoms with van der Waals surface area (Å²) in [6.07, 6.45) is 3.49. The molecule has 0 radical (unpaired) electrons. The summed E-state index contributed by atoms with van der Waals surface area (Å²) in [5.41, 5.74) is 1.90. The molecule has 7 heteroatoms. The Morgan fingerprint density at radius 1 is 1.17 bits per heavy atom. The molecule has 3 aromatic heterocycles. The molecule has 1 fully saturated rings. The van der Waals surface area contributed by atoms with E-state index in [1.807, 2.05) is 30.5 Å². The minimum Gasteiger partial charge on any atom is -0.350 e. The quantitative estimate of drug-likeness (QED) is 0.725. The first-order chi connectivity index (χ1) is 11.3. The van der Waals surface area contributed by atoms with E-state index in [1.54, 1.807) is 10.8 Å². The summed E-state index contributed by atoms with van der Waals surface area (Å²) in [6, 6.07) is 10.5. The van der Waals surface area contributed by atoms with Crippen molar-refractivity contribution >= 4 is 11.5 Å². The number of piperazine rings is 1. The van der Waals surface area contributed by atoms with Gasteiger partial charge in [-0.25, -0.2) is 0 Å². The van der Waals surface area contributed by atoms with E-state index < -0.39 is 0 Å². The molecule has 118 valence electrons. The van der Waals surface area contributed by atoms with Crippen LogP contribution in [0.2, 0.25) is 0 Å². The zero-order valence-corrected chi connectivity index (χ0v) is 13.1. The number of fused-ring (bicyclic) bond motifs is 1. The number of rotatable bonds is 3. The van der Waals surface area contributed by atoms with Crippen LogP contribution in [-0.4, -0.2) is 55.4 Å². The van der Waals surface area contributed by atoms with Gasteiger partial charge in [0, 0.05) is 38.4 Å². The molecule has 0 aliphatic carbocycles. The van der Waals surface area contributed by atoms with Gasteiger partial charge in [0.2, 0.25) is 0 Å². The Balaban J connectivity index is 1.46. The molecule has 0 saturated carbocycles. The SMILES string of the molecule is C[C@H]1CN(Cc2ccccn2)CCN1c1ccc2nncn2n1. The zero-order valence-electron chi connectivity index (χ0n) is 13.1. The van der Waals surface area contributed by atoms with Crippen molar-refractivity contribution in [3.8, 4) is 0 Å². The standard InChI is InChI=1S/C16H19N7/c1-13-10-21(11-14-4-2-3-7-17-14)8-9-22(13)16-6-5-15-19-18-12-23(15)20-16/h2-7,12-13H,8-11H2,1H3/t13-/m0/s1. The largest absolute Gasteiger partial charge is 0.350 e. The molecule has 4 rings (SSSR count). The third-order valence-electron chi connectivity index (χ3n) is 4.27. The molecule has 1 aliphatic rings. The molecular formula is C16H19N7. The van der Waals surface area contributed by atoms with E-state index in [9.17, 15) is 0 Å². The van der Waals surface area contributed by atoms with E-state index in [0.717, 1.165) is 43.3 Å². The van der Waals surface area contributed by atoms with Gasteiger partial charge < -0.3 is 4.90 Å². The highest BCUT2D eigenvalue weighted by molar-refractivity contribution is 5.46. The van der Waals surface area contributed by atoms with Gasteiger partial charge in [0.05, 0.1) is 5.69 Å². The number of hydrogen-bond acceptors (Lipinski definition) is 6. The number of nitrogens with zero attached hydrogens (tertiary/aromatic N) is 7. The number of anilines is 1. The van der Waals surface area contributed by atoms with E-state index in [0.29, 0.717) is 6.04 Å². The van der Waals surface area contributed by atoms with Crippen LogP contribution in [0.1, 0.15) is 12.6 Å². The summed E-state index contributed by atoms with van der Waals surface area (Å²) in [7, 11) is 0. The van der Waals surface area contributed by atoms with E-state index in [1.165, 1.54) is 0 Å². The third-order valence-corrected chi connectivity index (χ3v) is 4.27. The van der Waals surface area contributed by atoms with E-state index >= 15 is 0 Å². The first-order valence-corrected chi connectivity index (χ1v) is 7.85. The molecule has 1 aliphatic heterocycles. The van der Waals surface area contributed by atoms with Gasteiger partial charge in [0.25, 0.3) is 0 Å². The average Bonchev–Trinajstić information content (AvgIpc) is 3.03. The minimum atomic E-state index is 0.397. The molecule has 0 bridgehead atoms. The van der Waals surface area contributed by atoms with Gasteiger partial charge in [-0.2, -0.15) is 4.52 Å². The van der Waals surface area contributed by atoms with Gasteiger partial charge in [0.1, 0.15) is 12.1 Å². The second-order valence-corrected chi connectivity index (χ2v) is 5.92. The fourth-order valence-electron chi connectivity index (χ4n) is 3.11. The third kappa shape index (κ3) is 2.87. The normalized spacial score (nSPS) is 19.3. The minimum absolute atomic E-state index is 0.397. The van der Waals surface area contributed by atoms with E-state index in [-0.39, 0.29) is 0 Å². The lowest BCUT2D eigenvalue weighted by Crippen LogP contribution is -2.52. The first kappa shape index (κ1) is 14.1. The Labute approximate surface area is 134 Å². The Kier molecular flexibility index (Phi) is 3.63. The highest BCUT2D eigenvalue weighted by atomic mass is 15.4. The van der Waals surface area contributed by atoms with Crippen LogP contribution in [0, 0.1) is 0 Å². The molecule has 23 heavy (non-hydrogen) atoms. The second-order valence-electron chi connectivity index (χ2n) is 5.92. The predicted molar refractivity (Wildman–Crippen MR) is 87.1 cm³/mol. The molecule has 0 spiro atoms. The molecule has 0 unspecified atom stereocenters. The monoisotopic (exact) mass is 309 g/mol. The van der Waals surface area contributed by atoms with Crippen LogP contribution in [0.3, 0.4) is 0 Å². The van der Waals surface area contributed by atoms with Gasteiger partial charge in [0.15, 0.2) is 5.65 Å². The van der Waals surface area contributed by atoms with Crippen molar-refractivity contribution in [3.63, 3.8) is 0 Å². The van der Waals surface area contributed by atoms with Crippen LogP contribution in [0.4, 0.5) is 5.82 Å². The number of pyridine rings is 1. The van der Waals surface area contributed by atoms with Crippen molar-refractivity contribution in [1.82, 2.24) is 29.7 Å². The molecule has 0 amide bonds. The van der Waals surface area contributed by atoms with Crippen LogP contribution in [0.15, 0.2) is 42.9 Å². The Bertz CT molecular complexity index is 785. The van der Waals surface area contributed by atoms with E-state index in [4.69, 9.17) is 0 Å². The maximum absolute atomic E-state index is 4.61. The van der Waals surface area contributed by atoms with Crippen molar-refractivity contribution in [3.05, 3.63) is 48.5 Å². The Morgan fingerprint density at radius 2 is 2.13 bits per heavy atom. The molecule has 0 aromatic carbocycles. The van der Waals surface area contributed by atoms with Crippen molar-refractivity contribution in [2.45, 2.75) is 19.5 Å². The predicted octanol–water partition coefficient (Wildman–Crippen LogP) is 1.23. The Hall–Kier alpha value is -2.54. The fraction of sp³-hybridized carbons (Fsp3) is 0.375. The van der Waals surface area contributed by atoms with Gasteiger partial charge in [-0.15, -0.1) is 15.3 Å². The summed E-state index contributed by atoms with van der Waals surface area (Å²) in [5.74, 6) is 0.974. The van der Waals surface area contributed by atoms with E-state index in [2.05, 4.69) is 43.1 Å². The van der Waals surface area contributed by atoms with Gasteiger partial charge >= 0.3 is 0 Å². The maximum atomic E-state index is 4.61. The first-order valence-electron chi connectivity index (χ1n) is 7.85. The van der Waals surface area contributed by atoms with Crippen LogP contribution in [-0.2, 0) is 6.54 Å². The second kappa shape index (κ2) is 5.92. The number of aromatic nitrogens is 5. The molecule has 0 N–H and O–H groups in total.